The lowest BCUT2D eigenvalue weighted by Gasteiger charge is -2.39. The summed E-state index contributed by atoms with van der Waals surface area (Å²) >= 11 is 0. The molecule has 1 aromatic carbocycles. The Hall–Kier alpha value is -2.01. The zero-order valence-corrected chi connectivity index (χ0v) is 13.1. The molecular weight excluding hydrogens is 281 g/mol. The standard InChI is InChI=1S/C17H20FN3O/c1-11-12(2)19-17(20-13(11)3)21-8-15(9-21)22-10-14-6-4-5-7-16(14)18/h4-7,15H,8-10H2,1-3H3. The fourth-order valence-corrected chi connectivity index (χ4v) is 2.43. The van der Waals surface area contributed by atoms with Crippen molar-refractivity contribution in [2.24, 2.45) is 0 Å². The molecule has 0 radical (unpaired) electrons. The number of hydrogen-bond donors (Lipinski definition) is 0. The van der Waals surface area contributed by atoms with Gasteiger partial charge < -0.3 is 9.64 Å². The third kappa shape index (κ3) is 2.95. The lowest BCUT2D eigenvalue weighted by molar-refractivity contribution is 0.0204. The summed E-state index contributed by atoms with van der Waals surface area (Å²) in [5, 5.41) is 0. The van der Waals surface area contributed by atoms with Gasteiger partial charge in [0, 0.05) is 30.0 Å². The van der Waals surface area contributed by atoms with E-state index in [1.807, 2.05) is 26.8 Å². The smallest absolute Gasteiger partial charge is 0.225 e. The van der Waals surface area contributed by atoms with E-state index in [0.29, 0.717) is 12.2 Å². The molecule has 0 bridgehead atoms. The fourth-order valence-electron chi connectivity index (χ4n) is 2.43. The zero-order chi connectivity index (χ0) is 15.7. The molecule has 3 rings (SSSR count). The number of benzene rings is 1. The molecule has 0 amide bonds. The Bertz CT molecular complexity index is 660. The van der Waals surface area contributed by atoms with E-state index in [1.54, 1.807) is 12.1 Å². The van der Waals surface area contributed by atoms with Crippen molar-refractivity contribution >= 4 is 5.95 Å². The number of hydrogen-bond acceptors (Lipinski definition) is 4. The average molecular weight is 301 g/mol. The normalized spacial score (nSPS) is 15.0. The van der Waals surface area contributed by atoms with Crippen LogP contribution in [0.4, 0.5) is 10.3 Å². The van der Waals surface area contributed by atoms with E-state index in [-0.39, 0.29) is 11.9 Å². The highest BCUT2D eigenvalue weighted by molar-refractivity contribution is 5.39. The second-order valence-electron chi connectivity index (χ2n) is 5.75. The summed E-state index contributed by atoms with van der Waals surface area (Å²) in [6, 6.07) is 6.71. The van der Waals surface area contributed by atoms with Crippen molar-refractivity contribution < 1.29 is 9.13 Å². The minimum atomic E-state index is -0.216. The van der Waals surface area contributed by atoms with Gasteiger partial charge in [-0.1, -0.05) is 18.2 Å². The number of nitrogens with zero attached hydrogens (tertiary/aromatic N) is 3. The lowest BCUT2D eigenvalue weighted by Crippen LogP contribution is -2.53. The zero-order valence-electron chi connectivity index (χ0n) is 13.1. The van der Waals surface area contributed by atoms with Crippen molar-refractivity contribution in [3.8, 4) is 0 Å². The van der Waals surface area contributed by atoms with Crippen molar-refractivity contribution in [2.75, 3.05) is 18.0 Å². The third-order valence-electron chi connectivity index (χ3n) is 4.18. The summed E-state index contributed by atoms with van der Waals surface area (Å²) in [5.74, 6) is 0.540. The molecule has 1 aliphatic rings. The molecule has 4 nitrogen and oxygen atoms in total. The van der Waals surface area contributed by atoms with Gasteiger partial charge in [-0.05, 0) is 32.4 Å². The molecule has 2 heterocycles. The van der Waals surface area contributed by atoms with Crippen molar-refractivity contribution in [3.63, 3.8) is 0 Å². The van der Waals surface area contributed by atoms with Crippen molar-refractivity contribution in [2.45, 2.75) is 33.5 Å². The molecule has 5 heteroatoms. The molecule has 0 aliphatic carbocycles. The molecule has 1 saturated heterocycles. The van der Waals surface area contributed by atoms with E-state index in [4.69, 9.17) is 4.74 Å². The molecule has 0 atom stereocenters. The highest BCUT2D eigenvalue weighted by Crippen LogP contribution is 2.22. The summed E-state index contributed by atoms with van der Waals surface area (Å²) < 4.78 is 19.3. The number of rotatable bonds is 4. The Balaban J connectivity index is 1.55. The molecule has 1 aromatic heterocycles. The number of aryl methyl sites for hydroxylation is 2. The van der Waals surface area contributed by atoms with Crippen LogP contribution >= 0.6 is 0 Å². The third-order valence-corrected chi connectivity index (χ3v) is 4.18. The molecule has 0 saturated carbocycles. The van der Waals surface area contributed by atoms with Gasteiger partial charge in [0.2, 0.25) is 5.95 Å². The maximum atomic E-state index is 13.5. The number of ether oxygens (including phenoxy) is 1. The summed E-state index contributed by atoms with van der Waals surface area (Å²) in [5.41, 5.74) is 3.76. The van der Waals surface area contributed by atoms with Gasteiger partial charge in [0.05, 0.1) is 12.7 Å². The number of anilines is 1. The molecule has 116 valence electrons. The Morgan fingerprint density at radius 1 is 1.14 bits per heavy atom. The van der Waals surface area contributed by atoms with Crippen LogP contribution in [0.2, 0.25) is 0 Å². The fraction of sp³-hybridized carbons (Fsp3) is 0.412. The van der Waals surface area contributed by atoms with Gasteiger partial charge in [0.15, 0.2) is 0 Å². The molecule has 2 aromatic rings. The Morgan fingerprint density at radius 2 is 1.77 bits per heavy atom. The topological polar surface area (TPSA) is 38.2 Å². The molecule has 1 aliphatic heterocycles. The van der Waals surface area contributed by atoms with Crippen LogP contribution in [0.5, 0.6) is 0 Å². The molecule has 0 unspecified atom stereocenters. The van der Waals surface area contributed by atoms with Crippen LogP contribution in [-0.2, 0) is 11.3 Å². The van der Waals surface area contributed by atoms with Crippen molar-refractivity contribution in [1.29, 1.82) is 0 Å². The van der Waals surface area contributed by atoms with Crippen LogP contribution in [0.15, 0.2) is 24.3 Å². The van der Waals surface area contributed by atoms with Crippen LogP contribution < -0.4 is 4.90 Å². The quantitative estimate of drug-likeness (QED) is 0.870. The average Bonchev–Trinajstić information content (AvgIpc) is 2.44. The molecule has 0 N–H and O–H groups in total. The summed E-state index contributed by atoms with van der Waals surface area (Å²) in [4.78, 5) is 11.1. The second kappa shape index (κ2) is 6.01. The Morgan fingerprint density at radius 3 is 2.41 bits per heavy atom. The lowest BCUT2D eigenvalue weighted by atomic mass is 10.1. The van der Waals surface area contributed by atoms with Gasteiger partial charge >= 0.3 is 0 Å². The van der Waals surface area contributed by atoms with Crippen molar-refractivity contribution in [3.05, 3.63) is 52.6 Å². The van der Waals surface area contributed by atoms with Gasteiger partial charge in [0.25, 0.3) is 0 Å². The summed E-state index contributed by atoms with van der Waals surface area (Å²) in [7, 11) is 0. The van der Waals surface area contributed by atoms with E-state index < -0.39 is 0 Å². The van der Waals surface area contributed by atoms with Gasteiger partial charge in [-0.3, -0.25) is 0 Å². The highest BCUT2D eigenvalue weighted by atomic mass is 19.1. The van der Waals surface area contributed by atoms with E-state index in [9.17, 15) is 4.39 Å². The molecule has 1 fully saturated rings. The first kappa shape index (κ1) is 14.9. The minimum absolute atomic E-state index is 0.102. The van der Waals surface area contributed by atoms with Crippen LogP contribution in [0, 0.1) is 26.6 Å². The molecular formula is C17H20FN3O. The van der Waals surface area contributed by atoms with Crippen molar-refractivity contribution in [1.82, 2.24) is 9.97 Å². The first-order valence-electron chi connectivity index (χ1n) is 7.46. The van der Waals surface area contributed by atoms with Gasteiger partial charge in [-0.15, -0.1) is 0 Å². The van der Waals surface area contributed by atoms with Gasteiger partial charge in [-0.25, -0.2) is 14.4 Å². The van der Waals surface area contributed by atoms with E-state index in [2.05, 4.69) is 14.9 Å². The van der Waals surface area contributed by atoms with E-state index in [0.717, 1.165) is 36.0 Å². The minimum Gasteiger partial charge on any atom is -0.370 e. The summed E-state index contributed by atoms with van der Waals surface area (Å²) in [6.07, 6.45) is 0.102. The Labute approximate surface area is 130 Å². The SMILES string of the molecule is Cc1nc(N2CC(OCc3ccccc3F)C2)nc(C)c1C. The predicted molar refractivity (Wildman–Crippen MR) is 83.4 cm³/mol. The van der Waals surface area contributed by atoms with Gasteiger partial charge in [-0.2, -0.15) is 0 Å². The van der Waals surface area contributed by atoms with E-state index in [1.165, 1.54) is 6.07 Å². The van der Waals surface area contributed by atoms with Crippen LogP contribution in [-0.4, -0.2) is 29.2 Å². The highest BCUT2D eigenvalue weighted by Gasteiger charge is 2.30. The maximum absolute atomic E-state index is 13.5. The molecule has 0 spiro atoms. The largest absolute Gasteiger partial charge is 0.370 e. The maximum Gasteiger partial charge on any atom is 0.225 e. The van der Waals surface area contributed by atoms with Gasteiger partial charge in [0.1, 0.15) is 5.82 Å². The van der Waals surface area contributed by atoms with Crippen LogP contribution in [0.1, 0.15) is 22.5 Å². The molecule has 22 heavy (non-hydrogen) atoms. The van der Waals surface area contributed by atoms with E-state index >= 15 is 0 Å². The summed E-state index contributed by atoms with van der Waals surface area (Å²) in [6.45, 7) is 7.83. The monoisotopic (exact) mass is 301 g/mol. The second-order valence-corrected chi connectivity index (χ2v) is 5.75. The Kier molecular flexibility index (Phi) is 4.07. The van der Waals surface area contributed by atoms with Crippen LogP contribution in [0.25, 0.3) is 0 Å². The van der Waals surface area contributed by atoms with Crippen LogP contribution in [0.3, 0.4) is 0 Å². The number of halogens is 1. The number of aromatic nitrogens is 2. The predicted octanol–water partition coefficient (Wildman–Crippen LogP) is 2.95. The first-order chi connectivity index (χ1) is 10.5. The first-order valence-corrected chi connectivity index (χ1v) is 7.46.